The maximum absolute atomic E-state index is 13.0. The molecule has 0 aliphatic carbocycles. The summed E-state index contributed by atoms with van der Waals surface area (Å²) < 4.78 is 15.3. The molecule has 0 atom stereocenters. The number of carbonyl (C=O) groups is 1. The number of aromatic nitrogens is 4. The predicted octanol–water partition coefficient (Wildman–Crippen LogP) is 1.58. The van der Waals surface area contributed by atoms with Crippen LogP contribution in [0.5, 0.6) is 0 Å². The highest BCUT2D eigenvalue weighted by Gasteiger charge is 2.20. The van der Waals surface area contributed by atoms with Crippen LogP contribution >= 0.6 is 0 Å². The number of hydrogen-bond acceptors (Lipinski definition) is 4. The van der Waals surface area contributed by atoms with Gasteiger partial charge in [0.1, 0.15) is 17.2 Å². The van der Waals surface area contributed by atoms with Crippen molar-refractivity contribution in [2.75, 3.05) is 14.1 Å². The van der Waals surface area contributed by atoms with Crippen LogP contribution < -0.4 is 5.69 Å². The maximum Gasteiger partial charge on any atom is 0.338 e. The number of aryl methyl sites for hydroxylation is 3. The molecule has 0 saturated heterocycles. The molecule has 0 fully saturated rings. The molecular weight excluding hydrogens is 325 g/mol. The summed E-state index contributed by atoms with van der Waals surface area (Å²) in [7, 11) is 4.72. The lowest BCUT2D eigenvalue weighted by Gasteiger charge is -2.10. The van der Waals surface area contributed by atoms with Gasteiger partial charge in [-0.15, -0.1) is 0 Å². The highest BCUT2D eigenvalue weighted by Crippen LogP contribution is 2.12. The topological polar surface area (TPSA) is 73.0 Å². The third-order valence-corrected chi connectivity index (χ3v) is 3.98. The van der Waals surface area contributed by atoms with E-state index in [1.165, 1.54) is 21.6 Å². The SMILES string of the molecule is CN(C)C(=O)n1c(=O)n(C)c2cnc(CCc3ccc(F)cc3)nc21. The summed E-state index contributed by atoms with van der Waals surface area (Å²) in [4.78, 5) is 34.6. The van der Waals surface area contributed by atoms with Crippen LogP contribution in [0.1, 0.15) is 11.4 Å². The van der Waals surface area contributed by atoms with Gasteiger partial charge in [0.2, 0.25) is 0 Å². The summed E-state index contributed by atoms with van der Waals surface area (Å²) in [6.07, 6.45) is 2.69. The van der Waals surface area contributed by atoms with Gasteiger partial charge in [0.15, 0.2) is 5.65 Å². The minimum atomic E-state index is -0.460. The van der Waals surface area contributed by atoms with Gasteiger partial charge in [-0.05, 0) is 24.1 Å². The van der Waals surface area contributed by atoms with Gasteiger partial charge in [0.25, 0.3) is 0 Å². The van der Waals surface area contributed by atoms with Crippen molar-refractivity contribution in [1.82, 2.24) is 24.0 Å². The van der Waals surface area contributed by atoms with Crippen LogP contribution in [0.15, 0.2) is 35.3 Å². The molecule has 0 N–H and O–H groups in total. The van der Waals surface area contributed by atoms with Crippen molar-refractivity contribution in [3.63, 3.8) is 0 Å². The molecule has 2 heterocycles. The van der Waals surface area contributed by atoms with Crippen LogP contribution in [-0.4, -0.2) is 44.1 Å². The zero-order chi connectivity index (χ0) is 18.1. The monoisotopic (exact) mass is 343 g/mol. The Morgan fingerprint density at radius 3 is 2.52 bits per heavy atom. The highest BCUT2D eigenvalue weighted by molar-refractivity contribution is 5.86. The Balaban J connectivity index is 1.95. The number of hydrogen-bond donors (Lipinski definition) is 0. The molecule has 0 radical (unpaired) electrons. The predicted molar refractivity (Wildman–Crippen MR) is 91.1 cm³/mol. The first-order chi connectivity index (χ1) is 11.9. The van der Waals surface area contributed by atoms with Gasteiger partial charge in [-0.3, -0.25) is 4.57 Å². The van der Waals surface area contributed by atoms with E-state index in [2.05, 4.69) is 9.97 Å². The van der Waals surface area contributed by atoms with Gasteiger partial charge in [-0.25, -0.2) is 23.9 Å². The van der Waals surface area contributed by atoms with Crippen LogP contribution in [0, 0.1) is 5.82 Å². The number of benzene rings is 1. The van der Waals surface area contributed by atoms with Gasteiger partial charge < -0.3 is 4.90 Å². The summed E-state index contributed by atoms with van der Waals surface area (Å²) in [5, 5.41) is 0. The molecule has 2 aromatic heterocycles. The number of fused-ring (bicyclic) bond motifs is 1. The lowest BCUT2D eigenvalue weighted by Crippen LogP contribution is -2.35. The van der Waals surface area contributed by atoms with Crippen molar-refractivity contribution in [1.29, 1.82) is 0 Å². The molecule has 0 unspecified atom stereocenters. The number of imidazole rings is 1. The van der Waals surface area contributed by atoms with E-state index in [0.717, 1.165) is 10.1 Å². The van der Waals surface area contributed by atoms with Gasteiger partial charge in [-0.2, -0.15) is 4.57 Å². The van der Waals surface area contributed by atoms with E-state index in [1.54, 1.807) is 39.5 Å². The molecule has 8 heteroatoms. The fraction of sp³-hybridized carbons (Fsp3) is 0.294. The fourth-order valence-corrected chi connectivity index (χ4v) is 2.55. The Kier molecular flexibility index (Phi) is 4.35. The van der Waals surface area contributed by atoms with Gasteiger partial charge in [0.05, 0.1) is 6.20 Å². The molecule has 0 aliphatic rings. The van der Waals surface area contributed by atoms with Gasteiger partial charge >= 0.3 is 11.7 Å². The second kappa shape index (κ2) is 6.46. The zero-order valence-electron chi connectivity index (χ0n) is 14.2. The minimum absolute atomic E-state index is 0.281. The molecule has 3 rings (SSSR count). The second-order valence-corrected chi connectivity index (χ2v) is 5.98. The Morgan fingerprint density at radius 1 is 1.20 bits per heavy atom. The van der Waals surface area contributed by atoms with Crippen LogP contribution in [0.25, 0.3) is 11.2 Å². The molecule has 0 aliphatic heterocycles. The Hall–Kier alpha value is -3.03. The third-order valence-electron chi connectivity index (χ3n) is 3.98. The number of amides is 1. The largest absolute Gasteiger partial charge is 0.338 e. The Bertz CT molecular complexity index is 989. The Labute approximate surface area is 143 Å². The lowest BCUT2D eigenvalue weighted by atomic mass is 10.1. The van der Waals surface area contributed by atoms with Crippen molar-refractivity contribution < 1.29 is 9.18 Å². The van der Waals surface area contributed by atoms with Crippen molar-refractivity contribution in [2.45, 2.75) is 12.8 Å². The molecule has 130 valence electrons. The Morgan fingerprint density at radius 2 is 1.88 bits per heavy atom. The third kappa shape index (κ3) is 3.15. The van der Waals surface area contributed by atoms with Crippen LogP contribution in [0.4, 0.5) is 9.18 Å². The average Bonchev–Trinajstić information content (AvgIpc) is 2.84. The van der Waals surface area contributed by atoms with E-state index in [0.29, 0.717) is 24.2 Å². The van der Waals surface area contributed by atoms with Crippen molar-refractivity contribution in [2.24, 2.45) is 7.05 Å². The van der Waals surface area contributed by atoms with E-state index in [4.69, 9.17) is 0 Å². The van der Waals surface area contributed by atoms with E-state index in [-0.39, 0.29) is 11.5 Å². The molecule has 0 bridgehead atoms. The summed E-state index contributed by atoms with van der Waals surface area (Å²) in [6.45, 7) is 0. The normalized spacial score (nSPS) is 11.0. The first kappa shape index (κ1) is 16.8. The first-order valence-electron chi connectivity index (χ1n) is 7.78. The zero-order valence-corrected chi connectivity index (χ0v) is 14.2. The fourth-order valence-electron chi connectivity index (χ4n) is 2.55. The number of carbonyl (C=O) groups excluding carboxylic acids is 1. The van der Waals surface area contributed by atoms with Crippen molar-refractivity contribution in [3.8, 4) is 0 Å². The smallest absolute Gasteiger partial charge is 0.330 e. The summed E-state index contributed by atoms with van der Waals surface area (Å²) in [6, 6.07) is 5.77. The van der Waals surface area contributed by atoms with Crippen LogP contribution in [0.3, 0.4) is 0 Å². The number of nitrogens with zero attached hydrogens (tertiary/aromatic N) is 5. The summed E-state index contributed by atoms with van der Waals surface area (Å²) >= 11 is 0. The minimum Gasteiger partial charge on any atom is -0.330 e. The summed E-state index contributed by atoms with van der Waals surface area (Å²) in [5.74, 6) is 0.236. The van der Waals surface area contributed by atoms with Crippen LogP contribution in [0.2, 0.25) is 0 Å². The van der Waals surface area contributed by atoms with E-state index in [1.807, 2.05) is 0 Å². The number of rotatable bonds is 3. The van der Waals surface area contributed by atoms with Crippen LogP contribution in [-0.2, 0) is 19.9 Å². The lowest BCUT2D eigenvalue weighted by molar-refractivity contribution is 0.219. The molecule has 0 spiro atoms. The number of halogens is 1. The molecule has 25 heavy (non-hydrogen) atoms. The molecule has 3 aromatic rings. The van der Waals surface area contributed by atoms with Gasteiger partial charge in [-0.1, -0.05) is 12.1 Å². The van der Waals surface area contributed by atoms with E-state index < -0.39 is 11.7 Å². The van der Waals surface area contributed by atoms with Crippen molar-refractivity contribution in [3.05, 3.63) is 58.2 Å². The molecular formula is C17H18FN5O2. The molecule has 0 saturated carbocycles. The average molecular weight is 343 g/mol. The van der Waals surface area contributed by atoms with E-state index >= 15 is 0 Å². The van der Waals surface area contributed by atoms with Gasteiger partial charge in [0, 0.05) is 27.6 Å². The van der Waals surface area contributed by atoms with E-state index in [9.17, 15) is 14.0 Å². The second-order valence-electron chi connectivity index (χ2n) is 5.98. The molecule has 7 nitrogen and oxygen atoms in total. The highest BCUT2D eigenvalue weighted by atomic mass is 19.1. The quantitative estimate of drug-likeness (QED) is 0.724. The first-order valence-corrected chi connectivity index (χ1v) is 7.78. The standard InChI is InChI=1S/C17H18FN5O2/c1-21(2)16(24)23-15-13(22(3)17(23)25)10-19-14(20-15)9-6-11-4-7-12(18)8-5-11/h4-5,7-8,10H,6,9H2,1-3H3. The van der Waals surface area contributed by atoms with Crippen molar-refractivity contribution >= 4 is 17.2 Å². The summed E-state index contributed by atoms with van der Waals surface area (Å²) in [5.41, 5.74) is 1.28. The maximum atomic E-state index is 13.0. The molecule has 1 amide bonds. The molecule has 1 aromatic carbocycles.